The van der Waals surface area contributed by atoms with Crippen LogP contribution in [0.5, 0.6) is 0 Å². The zero-order valence-electron chi connectivity index (χ0n) is 42.0. The van der Waals surface area contributed by atoms with E-state index in [1.807, 2.05) is 0 Å². The Balaban J connectivity index is 4.25. The van der Waals surface area contributed by atoms with Gasteiger partial charge in [-0.25, -0.2) is 0 Å². The van der Waals surface area contributed by atoms with E-state index in [-0.39, 0.29) is 31.1 Å². The summed E-state index contributed by atoms with van der Waals surface area (Å²) in [5.74, 6) is 1.61. The van der Waals surface area contributed by atoms with E-state index in [4.69, 9.17) is 14.2 Å². The highest BCUT2D eigenvalue weighted by molar-refractivity contribution is 5.71. The first-order chi connectivity index (χ1) is 29.6. The van der Waals surface area contributed by atoms with Crippen molar-refractivity contribution >= 4 is 17.9 Å². The predicted molar refractivity (Wildman–Crippen MR) is 261 cm³/mol. The minimum absolute atomic E-state index is 0.0647. The van der Waals surface area contributed by atoms with Crippen LogP contribution in [0, 0.1) is 17.8 Å². The van der Waals surface area contributed by atoms with Crippen molar-refractivity contribution in [3.05, 3.63) is 0 Å². The van der Waals surface area contributed by atoms with Gasteiger partial charge in [0.2, 0.25) is 0 Å². The zero-order chi connectivity index (χ0) is 44.9. The number of hydrogen-bond donors (Lipinski definition) is 0. The summed E-state index contributed by atoms with van der Waals surface area (Å²) < 4.78 is 16.8. The van der Waals surface area contributed by atoms with Gasteiger partial charge in [0.1, 0.15) is 13.2 Å². The average Bonchev–Trinajstić information content (AvgIpc) is 3.22. The van der Waals surface area contributed by atoms with Gasteiger partial charge >= 0.3 is 17.9 Å². The summed E-state index contributed by atoms with van der Waals surface area (Å²) in [6.07, 6.45) is 46.7. The second-order valence-corrected chi connectivity index (χ2v) is 20.3. The Morgan fingerprint density at radius 3 is 0.705 bits per heavy atom. The molecule has 0 aliphatic carbocycles. The summed E-state index contributed by atoms with van der Waals surface area (Å²) in [6, 6.07) is 0. The van der Waals surface area contributed by atoms with Crippen LogP contribution >= 0.6 is 0 Å². The highest BCUT2D eigenvalue weighted by Crippen LogP contribution is 2.18. The maximum absolute atomic E-state index is 12.8. The van der Waals surface area contributed by atoms with E-state index in [2.05, 4.69) is 41.5 Å². The number of carbonyl (C=O) groups is 3. The molecule has 0 aromatic heterocycles. The van der Waals surface area contributed by atoms with Crippen LogP contribution in [-0.4, -0.2) is 37.2 Å². The molecule has 0 bridgehead atoms. The van der Waals surface area contributed by atoms with Crippen molar-refractivity contribution in [1.29, 1.82) is 0 Å². The Bertz CT molecular complexity index is 945. The summed E-state index contributed by atoms with van der Waals surface area (Å²) in [5.41, 5.74) is 0. The largest absolute Gasteiger partial charge is 0.462 e. The standard InChI is InChI=1S/C55H106O6/c1-49(2)41-35-29-23-17-13-11-9-7-8-10-12-14-19-26-32-38-44-53(56)59-47-52(61-55(58)46-40-34-28-22-21-25-31-37-43-51(5)6)48-60-54(57)45-39-33-27-20-16-15-18-24-30-36-42-50(3)4/h49-52H,7-48H2,1-6H3/t52-/m0/s1. The Hall–Kier alpha value is -1.59. The van der Waals surface area contributed by atoms with Crippen LogP contribution < -0.4 is 0 Å². The van der Waals surface area contributed by atoms with Crippen molar-refractivity contribution < 1.29 is 28.6 Å². The normalized spacial score (nSPS) is 12.1. The van der Waals surface area contributed by atoms with E-state index in [1.165, 1.54) is 180 Å². The molecule has 0 aliphatic heterocycles. The van der Waals surface area contributed by atoms with E-state index in [9.17, 15) is 14.4 Å². The number of rotatable bonds is 48. The maximum atomic E-state index is 12.8. The first kappa shape index (κ1) is 59.4. The maximum Gasteiger partial charge on any atom is 0.306 e. The fourth-order valence-corrected chi connectivity index (χ4v) is 8.29. The van der Waals surface area contributed by atoms with Crippen molar-refractivity contribution in [2.75, 3.05) is 13.2 Å². The Kier molecular flexibility index (Phi) is 45.2. The smallest absolute Gasteiger partial charge is 0.306 e. The molecule has 0 rings (SSSR count). The Morgan fingerprint density at radius 2 is 0.475 bits per heavy atom. The molecule has 0 aromatic carbocycles. The molecule has 6 nitrogen and oxygen atoms in total. The second kappa shape index (κ2) is 46.4. The van der Waals surface area contributed by atoms with Crippen molar-refractivity contribution in [3.8, 4) is 0 Å². The minimum atomic E-state index is -0.763. The number of unbranched alkanes of at least 4 members (excludes halogenated alkanes) is 31. The van der Waals surface area contributed by atoms with Gasteiger partial charge in [-0.1, -0.05) is 260 Å². The summed E-state index contributed by atoms with van der Waals surface area (Å²) in [6.45, 7) is 13.7. The molecule has 0 aromatic rings. The van der Waals surface area contributed by atoms with Crippen LogP contribution in [0.2, 0.25) is 0 Å². The van der Waals surface area contributed by atoms with Gasteiger partial charge in [0.05, 0.1) is 0 Å². The van der Waals surface area contributed by atoms with E-state index in [0.717, 1.165) is 75.5 Å². The lowest BCUT2D eigenvalue weighted by Gasteiger charge is -2.18. The molecule has 362 valence electrons. The van der Waals surface area contributed by atoms with Crippen LogP contribution in [-0.2, 0) is 28.6 Å². The highest BCUT2D eigenvalue weighted by atomic mass is 16.6. The van der Waals surface area contributed by atoms with Crippen molar-refractivity contribution in [3.63, 3.8) is 0 Å². The monoisotopic (exact) mass is 863 g/mol. The predicted octanol–water partition coefficient (Wildman–Crippen LogP) is 17.6. The molecule has 0 radical (unpaired) electrons. The number of esters is 3. The number of carbonyl (C=O) groups excluding carboxylic acids is 3. The summed E-state index contributed by atoms with van der Waals surface area (Å²) in [4.78, 5) is 38.0. The van der Waals surface area contributed by atoms with Gasteiger partial charge in [-0.3, -0.25) is 14.4 Å². The topological polar surface area (TPSA) is 78.9 Å². The van der Waals surface area contributed by atoms with Gasteiger partial charge in [-0.15, -0.1) is 0 Å². The minimum Gasteiger partial charge on any atom is -0.462 e. The number of hydrogen-bond acceptors (Lipinski definition) is 6. The van der Waals surface area contributed by atoms with Crippen molar-refractivity contribution in [2.45, 2.75) is 304 Å². The quantitative estimate of drug-likeness (QED) is 0.0344. The molecule has 0 saturated heterocycles. The molecule has 0 amide bonds. The van der Waals surface area contributed by atoms with E-state index in [0.29, 0.717) is 19.3 Å². The SMILES string of the molecule is CC(C)CCCCCCCCCCCCCCCCCCC(=O)OC[C@@H](COC(=O)CCCCCCCCCCCCC(C)C)OC(=O)CCCCCCCCCCC(C)C. The molecule has 0 spiro atoms. The molecule has 0 saturated carbocycles. The van der Waals surface area contributed by atoms with Crippen molar-refractivity contribution in [1.82, 2.24) is 0 Å². The molecule has 0 aliphatic rings. The van der Waals surface area contributed by atoms with Crippen LogP contribution in [0.25, 0.3) is 0 Å². The van der Waals surface area contributed by atoms with Crippen LogP contribution in [0.3, 0.4) is 0 Å². The fraction of sp³-hybridized carbons (Fsp3) is 0.945. The summed E-state index contributed by atoms with van der Waals surface area (Å²) in [5, 5.41) is 0. The van der Waals surface area contributed by atoms with E-state index in [1.54, 1.807) is 0 Å². The third-order valence-corrected chi connectivity index (χ3v) is 12.4. The third kappa shape index (κ3) is 49.3. The molecular weight excluding hydrogens is 757 g/mol. The fourth-order valence-electron chi connectivity index (χ4n) is 8.29. The summed E-state index contributed by atoms with van der Waals surface area (Å²) >= 11 is 0. The van der Waals surface area contributed by atoms with Crippen LogP contribution in [0.4, 0.5) is 0 Å². The van der Waals surface area contributed by atoms with Crippen LogP contribution in [0.15, 0.2) is 0 Å². The highest BCUT2D eigenvalue weighted by Gasteiger charge is 2.19. The Morgan fingerprint density at radius 1 is 0.279 bits per heavy atom. The van der Waals surface area contributed by atoms with Gasteiger partial charge in [0, 0.05) is 19.3 Å². The van der Waals surface area contributed by atoms with Gasteiger partial charge in [0.15, 0.2) is 6.10 Å². The van der Waals surface area contributed by atoms with Gasteiger partial charge in [-0.05, 0) is 37.0 Å². The lowest BCUT2D eigenvalue weighted by molar-refractivity contribution is -0.167. The van der Waals surface area contributed by atoms with Crippen molar-refractivity contribution in [2.24, 2.45) is 17.8 Å². The van der Waals surface area contributed by atoms with Gasteiger partial charge in [-0.2, -0.15) is 0 Å². The molecule has 0 heterocycles. The second-order valence-electron chi connectivity index (χ2n) is 20.3. The number of ether oxygens (including phenoxy) is 3. The third-order valence-electron chi connectivity index (χ3n) is 12.4. The molecule has 0 fully saturated rings. The Labute approximate surface area is 380 Å². The molecule has 0 N–H and O–H groups in total. The lowest BCUT2D eigenvalue weighted by atomic mass is 10.0. The molecule has 1 atom stereocenters. The first-order valence-electron chi connectivity index (χ1n) is 27.1. The van der Waals surface area contributed by atoms with Gasteiger partial charge < -0.3 is 14.2 Å². The molecule has 6 heteroatoms. The first-order valence-corrected chi connectivity index (χ1v) is 27.1. The summed E-state index contributed by atoms with van der Waals surface area (Å²) in [7, 11) is 0. The van der Waals surface area contributed by atoms with Gasteiger partial charge in [0.25, 0.3) is 0 Å². The molecule has 61 heavy (non-hydrogen) atoms. The molecular formula is C55H106O6. The zero-order valence-corrected chi connectivity index (χ0v) is 42.0. The molecule has 0 unspecified atom stereocenters. The van der Waals surface area contributed by atoms with E-state index >= 15 is 0 Å². The average molecular weight is 863 g/mol. The van der Waals surface area contributed by atoms with Crippen LogP contribution in [0.1, 0.15) is 298 Å². The lowest BCUT2D eigenvalue weighted by Crippen LogP contribution is -2.30. The van der Waals surface area contributed by atoms with E-state index < -0.39 is 6.10 Å².